The van der Waals surface area contributed by atoms with Crippen molar-refractivity contribution in [3.63, 3.8) is 0 Å². The normalized spacial score (nSPS) is 10.4. The molecule has 0 unspecified atom stereocenters. The van der Waals surface area contributed by atoms with Crippen LogP contribution in [0.15, 0.2) is 12.1 Å². The lowest BCUT2D eigenvalue weighted by atomic mass is 10.0. The quantitative estimate of drug-likeness (QED) is 0.475. The number of ether oxygens (including phenoxy) is 1. The molecule has 0 saturated carbocycles. The zero-order valence-electron chi connectivity index (χ0n) is 9.56. The molecule has 84 valence electrons. The van der Waals surface area contributed by atoms with Crippen molar-refractivity contribution in [2.75, 3.05) is 19.7 Å². The van der Waals surface area contributed by atoms with Crippen molar-refractivity contribution in [1.29, 1.82) is 0 Å². The Balaban J connectivity index is 2.84. The molecule has 1 N–H and O–H groups in total. The van der Waals surface area contributed by atoms with Gasteiger partial charge in [-0.15, -0.1) is 11.6 Å². The molecule has 0 heterocycles. The molecule has 0 aliphatic heterocycles. The summed E-state index contributed by atoms with van der Waals surface area (Å²) in [4.78, 5) is 0. The fourth-order valence-corrected chi connectivity index (χ4v) is 1.94. The fourth-order valence-electron chi connectivity index (χ4n) is 1.81. The van der Waals surface area contributed by atoms with Crippen molar-refractivity contribution < 1.29 is 4.74 Å². The van der Waals surface area contributed by atoms with E-state index in [1.54, 1.807) is 7.11 Å². The van der Waals surface area contributed by atoms with Gasteiger partial charge < -0.3 is 10.1 Å². The van der Waals surface area contributed by atoms with E-state index in [0.29, 0.717) is 6.00 Å². The first-order valence-electron chi connectivity index (χ1n) is 5.09. The van der Waals surface area contributed by atoms with E-state index < -0.39 is 0 Å². The molecule has 2 nitrogen and oxygen atoms in total. The van der Waals surface area contributed by atoms with Gasteiger partial charge in [0.15, 0.2) is 0 Å². The third-order valence-corrected chi connectivity index (χ3v) is 2.55. The van der Waals surface area contributed by atoms with Crippen molar-refractivity contribution in [2.24, 2.45) is 0 Å². The number of benzene rings is 1. The van der Waals surface area contributed by atoms with Crippen LogP contribution in [0.5, 0.6) is 5.75 Å². The van der Waals surface area contributed by atoms with Crippen LogP contribution in [-0.2, 0) is 6.42 Å². The van der Waals surface area contributed by atoms with Crippen LogP contribution in [0, 0.1) is 13.8 Å². The van der Waals surface area contributed by atoms with E-state index in [4.69, 9.17) is 16.3 Å². The van der Waals surface area contributed by atoms with Gasteiger partial charge in [0.25, 0.3) is 0 Å². The number of nitrogens with one attached hydrogen (secondary N) is 1. The first-order chi connectivity index (χ1) is 7.19. The number of rotatable bonds is 5. The highest BCUT2D eigenvalue weighted by Crippen LogP contribution is 2.25. The van der Waals surface area contributed by atoms with Crippen molar-refractivity contribution in [3.05, 3.63) is 28.8 Å². The number of alkyl halides is 1. The summed E-state index contributed by atoms with van der Waals surface area (Å²) in [5, 5.41) is 3.10. The summed E-state index contributed by atoms with van der Waals surface area (Å²) < 4.78 is 5.40. The number of aryl methyl sites for hydroxylation is 2. The summed E-state index contributed by atoms with van der Waals surface area (Å²) in [6, 6.07) is 4.80. The molecule has 0 bridgehead atoms. The van der Waals surface area contributed by atoms with Crippen LogP contribution in [0.1, 0.15) is 16.7 Å². The summed E-state index contributed by atoms with van der Waals surface area (Å²) in [5.74, 6) is 0.997. The van der Waals surface area contributed by atoms with Crippen molar-refractivity contribution in [1.82, 2.24) is 5.32 Å². The summed E-state index contributed by atoms with van der Waals surface area (Å²) in [6.07, 6.45) is 0.943. The predicted molar refractivity (Wildman–Crippen MR) is 64.9 cm³/mol. The smallest absolute Gasteiger partial charge is 0.125 e. The average Bonchev–Trinajstić information content (AvgIpc) is 2.17. The van der Waals surface area contributed by atoms with Gasteiger partial charge in [0.05, 0.1) is 13.1 Å². The maximum Gasteiger partial charge on any atom is 0.125 e. The zero-order chi connectivity index (χ0) is 11.3. The molecule has 0 aliphatic rings. The van der Waals surface area contributed by atoms with E-state index >= 15 is 0 Å². The van der Waals surface area contributed by atoms with Gasteiger partial charge in [0.2, 0.25) is 0 Å². The van der Waals surface area contributed by atoms with Gasteiger partial charge in [-0.25, -0.2) is 0 Å². The maximum absolute atomic E-state index is 5.56. The molecule has 0 amide bonds. The van der Waals surface area contributed by atoms with Crippen LogP contribution in [0.4, 0.5) is 0 Å². The van der Waals surface area contributed by atoms with Crippen molar-refractivity contribution in [3.8, 4) is 5.75 Å². The van der Waals surface area contributed by atoms with Gasteiger partial charge in [-0.1, -0.05) is 17.7 Å². The second-order valence-corrected chi connectivity index (χ2v) is 3.93. The number of hydrogen-bond acceptors (Lipinski definition) is 2. The van der Waals surface area contributed by atoms with Gasteiger partial charge in [0, 0.05) is 6.54 Å². The Morgan fingerprint density at radius 2 is 2.07 bits per heavy atom. The second-order valence-electron chi connectivity index (χ2n) is 3.66. The molecule has 0 aliphatic carbocycles. The Labute approximate surface area is 96.6 Å². The molecule has 1 aromatic rings. The number of methoxy groups -OCH3 is 1. The first-order valence-corrected chi connectivity index (χ1v) is 5.63. The average molecular weight is 228 g/mol. The van der Waals surface area contributed by atoms with E-state index in [1.807, 2.05) is 0 Å². The molecule has 0 atom stereocenters. The Hall–Kier alpha value is -0.730. The zero-order valence-corrected chi connectivity index (χ0v) is 10.3. The van der Waals surface area contributed by atoms with Gasteiger partial charge in [-0.05, 0) is 31.4 Å². The molecule has 0 spiro atoms. The third kappa shape index (κ3) is 3.40. The minimum Gasteiger partial charge on any atom is -0.496 e. The summed E-state index contributed by atoms with van der Waals surface area (Å²) >= 11 is 5.56. The van der Waals surface area contributed by atoms with E-state index in [0.717, 1.165) is 18.7 Å². The van der Waals surface area contributed by atoms with Crippen LogP contribution in [0.3, 0.4) is 0 Å². The van der Waals surface area contributed by atoms with E-state index in [-0.39, 0.29) is 0 Å². The highest BCUT2D eigenvalue weighted by atomic mass is 35.5. The minimum absolute atomic E-state index is 0.493. The van der Waals surface area contributed by atoms with E-state index in [1.165, 1.54) is 16.7 Å². The molecule has 1 aromatic carbocycles. The molecular weight excluding hydrogens is 210 g/mol. The van der Waals surface area contributed by atoms with Crippen LogP contribution in [0.25, 0.3) is 0 Å². The highest BCUT2D eigenvalue weighted by Gasteiger charge is 2.06. The van der Waals surface area contributed by atoms with Crippen LogP contribution >= 0.6 is 11.6 Å². The standard InChI is InChI=1S/C12H18ClNO/c1-9-6-10(2)12(15-3)11(7-9)4-5-14-8-13/h6-7,14H,4-5,8H2,1-3H3. The van der Waals surface area contributed by atoms with E-state index in [9.17, 15) is 0 Å². The molecule has 0 fully saturated rings. The Morgan fingerprint density at radius 3 is 2.67 bits per heavy atom. The SMILES string of the molecule is COc1c(C)cc(C)cc1CCNCCl. The molecule has 15 heavy (non-hydrogen) atoms. The summed E-state index contributed by atoms with van der Waals surface area (Å²) in [7, 11) is 1.72. The van der Waals surface area contributed by atoms with E-state index in [2.05, 4.69) is 31.3 Å². The van der Waals surface area contributed by atoms with Gasteiger partial charge in [0.1, 0.15) is 5.75 Å². The highest BCUT2D eigenvalue weighted by molar-refractivity contribution is 6.17. The number of halogens is 1. The van der Waals surface area contributed by atoms with Crippen LogP contribution in [-0.4, -0.2) is 19.7 Å². The summed E-state index contributed by atoms with van der Waals surface area (Å²) in [5.41, 5.74) is 3.71. The fraction of sp³-hybridized carbons (Fsp3) is 0.500. The van der Waals surface area contributed by atoms with Gasteiger partial charge in [-0.3, -0.25) is 0 Å². The minimum atomic E-state index is 0.493. The Bertz CT molecular complexity index is 326. The van der Waals surface area contributed by atoms with Crippen LogP contribution in [0.2, 0.25) is 0 Å². The number of hydrogen-bond donors (Lipinski definition) is 1. The topological polar surface area (TPSA) is 21.3 Å². The molecule has 3 heteroatoms. The lowest BCUT2D eigenvalue weighted by Gasteiger charge is -2.12. The molecule has 0 radical (unpaired) electrons. The second kappa shape index (κ2) is 5.99. The maximum atomic E-state index is 5.56. The van der Waals surface area contributed by atoms with Gasteiger partial charge >= 0.3 is 0 Å². The van der Waals surface area contributed by atoms with Gasteiger partial charge in [-0.2, -0.15) is 0 Å². The molecule has 1 rings (SSSR count). The molecule has 0 saturated heterocycles. The largest absolute Gasteiger partial charge is 0.496 e. The molecular formula is C12H18ClNO. The monoisotopic (exact) mass is 227 g/mol. The van der Waals surface area contributed by atoms with Crippen LogP contribution < -0.4 is 10.1 Å². The van der Waals surface area contributed by atoms with Crippen molar-refractivity contribution >= 4 is 11.6 Å². The Morgan fingerprint density at radius 1 is 1.33 bits per heavy atom. The third-order valence-electron chi connectivity index (χ3n) is 2.37. The lowest BCUT2D eigenvalue weighted by molar-refractivity contribution is 0.406. The first kappa shape index (κ1) is 12.3. The summed E-state index contributed by atoms with van der Waals surface area (Å²) in [6.45, 7) is 5.05. The molecule has 0 aromatic heterocycles. The predicted octanol–water partition coefficient (Wildman–Crippen LogP) is 2.64. The lowest BCUT2D eigenvalue weighted by Crippen LogP contribution is -2.15. The van der Waals surface area contributed by atoms with Crippen molar-refractivity contribution in [2.45, 2.75) is 20.3 Å². The Kier molecular flexibility index (Phi) is 4.92.